The van der Waals surface area contributed by atoms with Crippen molar-refractivity contribution in [3.8, 4) is 17.2 Å². The lowest BCUT2D eigenvalue weighted by atomic mass is 9.93. The van der Waals surface area contributed by atoms with Crippen LogP contribution >= 0.6 is 0 Å². The van der Waals surface area contributed by atoms with E-state index in [4.69, 9.17) is 24.2 Å². The van der Waals surface area contributed by atoms with Crippen LogP contribution in [0.4, 0.5) is 14.6 Å². The molecule has 5 aromatic rings. The SMILES string of the molecule is COc1cc2c(NC(C)c3cccc(C(F)(F)CO)c3)nc(C)nc2c(CCCCN2CCN(C(=O)COc3ccc4c(C5CCC(=O)NC5=O)nn(C)c4c3)CC2)c1OC. The summed E-state index contributed by atoms with van der Waals surface area (Å²) in [5.74, 6) is -1.86. The van der Waals surface area contributed by atoms with E-state index in [0.717, 1.165) is 48.9 Å². The number of aryl methyl sites for hydroxylation is 3. The summed E-state index contributed by atoms with van der Waals surface area (Å²) in [6, 6.07) is 12.8. The van der Waals surface area contributed by atoms with Crippen LogP contribution in [0.15, 0.2) is 48.5 Å². The number of nitrogens with zero attached hydrogens (tertiary/aromatic N) is 6. The Labute approximate surface area is 352 Å². The molecule has 2 aromatic heterocycles. The molecule has 2 saturated heterocycles. The highest BCUT2D eigenvalue weighted by Gasteiger charge is 2.33. The van der Waals surface area contributed by atoms with Crippen LogP contribution in [0, 0.1) is 6.92 Å². The van der Waals surface area contributed by atoms with Crippen molar-refractivity contribution in [3.05, 3.63) is 76.7 Å². The maximum atomic E-state index is 14.3. The van der Waals surface area contributed by atoms with Crippen molar-refractivity contribution in [3.63, 3.8) is 0 Å². The molecule has 0 radical (unpaired) electrons. The van der Waals surface area contributed by atoms with E-state index in [1.807, 2.05) is 30.0 Å². The van der Waals surface area contributed by atoms with E-state index in [2.05, 4.69) is 20.6 Å². The lowest BCUT2D eigenvalue weighted by Crippen LogP contribution is -2.50. The number of aliphatic hydroxyl groups is 1. The standard InChI is InChI=1S/C44H52F2N8O7/c1-26(28-9-8-10-29(21-28)44(45,46)25-55)47-42-34-23-36(59-4)41(60-5)32(39(34)48-27(2)49-42)11-6-7-16-53-17-19-54(20-18-53)38(57)24-61-30-12-13-31-35(22-30)52(3)51-40(31)33-14-15-37(56)50-43(33)58/h8-10,12-13,21-23,26,33,55H,6-7,11,14-20,24-25H2,1-5H3,(H,47,48,49)(H,50,56,58). The van der Waals surface area contributed by atoms with Gasteiger partial charge >= 0.3 is 0 Å². The average Bonchev–Trinajstić information content (AvgIpc) is 3.58. The molecule has 2 unspecified atom stereocenters. The van der Waals surface area contributed by atoms with Gasteiger partial charge in [-0.25, -0.2) is 9.97 Å². The Morgan fingerprint density at radius 1 is 1.03 bits per heavy atom. The van der Waals surface area contributed by atoms with Gasteiger partial charge in [-0.3, -0.25) is 29.3 Å². The van der Waals surface area contributed by atoms with E-state index in [9.17, 15) is 28.3 Å². The van der Waals surface area contributed by atoms with Crippen LogP contribution < -0.4 is 24.8 Å². The molecular weight excluding hydrogens is 791 g/mol. The highest BCUT2D eigenvalue weighted by molar-refractivity contribution is 6.02. The number of piperidine rings is 1. The summed E-state index contributed by atoms with van der Waals surface area (Å²) in [5, 5.41) is 21.1. The molecule has 4 heterocycles. The highest BCUT2D eigenvalue weighted by Crippen LogP contribution is 2.41. The predicted molar refractivity (Wildman–Crippen MR) is 224 cm³/mol. The zero-order chi connectivity index (χ0) is 43.4. The normalized spacial score (nSPS) is 16.8. The zero-order valence-corrected chi connectivity index (χ0v) is 35.1. The van der Waals surface area contributed by atoms with Crippen LogP contribution in [0.1, 0.15) is 72.8 Å². The molecule has 3 aromatic carbocycles. The smallest absolute Gasteiger partial charge is 0.295 e. The molecule has 3 amide bonds. The number of carbonyl (C=O) groups is 3. The van der Waals surface area contributed by atoms with Gasteiger partial charge in [-0.1, -0.05) is 18.2 Å². The summed E-state index contributed by atoms with van der Waals surface area (Å²) in [6.45, 7) is 5.78. The predicted octanol–water partition coefficient (Wildman–Crippen LogP) is 5.17. The van der Waals surface area contributed by atoms with Crippen molar-refractivity contribution in [1.82, 2.24) is 34.9 Å². The van der Waals surface area contributed by atoms with Crippen LogP contribution in [-0.4, -0.2) is 113 Å². The van der Waals surface area contributed by atoms with Gasteiger partial charge in [0.25, 0.3) is 11.8 Å². The molecule has 0 aliphatic carbocycles. The number of imide groups is 1. The third kappa shape index (κ3) is 9.37. The number of unbranched alkanes of at least 4 members (excludes halogenated alkanes) is 1. The first-order chi connectivity index (χ1) is 29.3. The van der Waals surface area contributed by atoms with Crippen molar-refractivity contribution < 1.29 is 42.5 Å². The van der Waals surface area contributed by atoms with Gasteiger partial charge in [0.15, 0.2) is 18.1 Å². The van der Waals surface area contributed by atoms with Gasteiger partial charge in [-0.05, 0) is 75.9 Å². The second kappa shape index (κ2) is 18.4. The third-order valence-electron chi connectivity index (χ3n) is 11.6. The Bertz CT molecular complexity index is 2430. The van der Waals surface area contributed by atoms with Gasteiger partial charge in [-0.2, -0.15) is 13.9 Å². The van der Waals surface area contributed by atoms with E-state index >= 15 is 0 Å². The number of aromatic nitrogens is 4. The molecule has 3 N–H and O–H groups in total. The maximum absolute atomic E-state index is 14.3. The zero-order valence-electron chi connectivity index (χ0n) is 35.1. The van der Waals surface area contributed by atoms with E-state index in [0.29, 0.717) is 77.0 Å². The van der Waals surface area contributed by atoms with Crippen LogP contribution in [0.3, 0.4) is 0 Å². The van der Waals surface area contributed by atoms with Gasteiger partial charge in [-0.15, -0.1) is 0 Å². The molecule has 0 spiro atoms. The molecular formula is C44H52F2N8O7. The number of nitrogens with one attached hydrogen (secondary N) is 2. The topological polar surface area (TPSA) is 173 Å². The van der Waals surface area contributed by atoms with Gasteiger partial charge in [0.05, 0.1) is 36.9 Å². The summed E-state index contributed by atoms with van der Waals surface area (Å²) in [4.78, 5) is 51.0. The molecule has 2 aliphatic rings. The molecule has 17 heteroatoms. The third-order valence-corrected chi connectivity index (χ3v) is 11.6. The number of ether oxygens (including phenoxy) is 3. The minimum atomic E-state index is -3.36. The Kier molecular flexibility index (Phi) is 13.0. The van der Waals surface area contributed by atoms with Gasteiger partial charge in [0.1, 0.15) is 24.0 Å². The van der Waals surface area contributed by atoms with Crippen LogP contribution in [0.25, 0.3) is 21.8 Å². The van der Waals surface area contributed by atoms with Gasteiger partial charge in [0, 0.05) is 73.7 Å². The number of fused-ring (bicyclic) bond motifs is 2. The molecule has 7 rings (SSSR count). The average molecular weight is 843 g/mol. The van der Waals surface area contributed by atoms with Crippen molar-refractivity contribution in [2.24, 2.45) is 7.05 Å². The molecule has 2 atom stereocenters. The minimum absolute atomic E-state index is 0.0942. The molecule has 2 aliphatic heterocycles. The van der Waals surface area contributed by atoms with Crippen LogP contribution in [0.5, 0.6) is 17.2 Å². The second-order valence-electron chi connectivity index (χ2n) is 15.6. The minimum Gasteiger partial charge on any atom is -0.493 e. The van der Waals surface area contributed by atoms with E-state index in [1.165, 1.54) is 12.1 Å². The first kappa shape index (κ1) is 43.2. The number of methoxy groups -OCH3 is 2. The van der Waals surface area contributed by atoms with Crippen LogP contribution in [-0.2, 0) is 33.8 Å². The molecule has 0 bridgehead atoms. The van der Waals surface area contributed by atoms with Crippen molar-refractivity contribution >= 4 is 45.3 Å². The van der Waals surface area contributed by atoms with Crippen LogP contribution in [0.2, 0.25) is 0 Å². The quantitative estimate of drug-likeness (QED) is 0.0881. The number of benzene rings is 3. The second-order valence-corrected chi connectivity index (χ2v) is 15.6. The number of amides is 3. The number of piperazine rings is 1. The fourth-order valence-electron chi connectivity index (χ4n) is 8.19. The van der Waals surface area contributed by atoms with E-state index in [-0.39, 0.29) is 36.3 Å². The fourth-order valence-corrected chi connectivity index (χ4v) is 8.19. The summed E-state index contributed by atoms with van der Waals surface area (Å²) in [7, 11) is 4.96. The summed E-state index contributed by atoms with van der Waals surface area (Å²) in [6.07, 6.45) is 3.05. The van der Waals surface area contributed by atoms with Crippen molar-refractivity contribution in [2.75, 3.05) is 65.5 Å². The number of rotatable bonds is 16. The largest absolute Gasteiger partial charge is 0.493 e. The van der Waals surface area contributed by atoms with E-state index < -0.39 is 24.5 Å². The van der Waals surface area contributed by atoms with Gasteiger partial charge in [0.2, 0.25) is 11.8 Å². The number of aliphatic hydroxyl groups excluding tert-OH is 1. The number of hydrogen-bond acceptors (Lipinski definition) is 12. The lowest BCUT2D eigenvalue weighted by molar-refractivity contribution is -0.135. The van der Waals surface area contributed by atoms with Crippen molar-refractivity contribution in [1.29, 1.82) is 0 Å². The molecule has 2 fully saturated rings. The Morgan fingerprint density at radius 3 is 2.54 bits per heavy atom. The number of hydrogen-bond donors (Lipinski definition) is 3. The first-order valence-corrected chi connectivity index (χ1v) is 20.5. The summed E-state index contributed by atoms with van der Waals surface area (Å²) < 4.78 is 47.9. The van der Waals surface area contributed by atoms with Crippen molar-refractivity contribution in [2.45, 2.75) is 63.8 Å². The molecule has 324 valence electrons. The summed E-state index contributed by atoms with van der Waals surface area (Å²) >= 11 is 0. The lowest BCUT2D eigenvalue weighted by Gasteiger charge is -2.34. The fraction of sp³-hybridized carbons (Fsp3) is 0.455. The number of halogens is 2. The number of alkyl halides is 2. The molecule has 61 heavy (non-hydrogen) atoms. The monoisotopic (exact) mass is 842 g/mol. The highest BCUT2D eigenvalue weighted by atomic mass is 19.3. The molecule has 0 saturated carbocycles. The number of carbonyl (C=O) groups excluding carboxylic acids is 3. The Hall–Kier alpha value is -5.94. The number of anilines is 1. The Morgan fingerprint density at radius 2 is 1.82 bits per heavy atom. The maximum Gasteiger partial charge on any atom is 0.295 e. The summed E-state index contributed by atoms with van der Waals surface area (Å²) in [5.41, 5.74) is 3.33. The Balaban J connectivity index is 0.933. The first-order valence-electron chi connectivity index (χ1n) is 20.5. The van der Waals surface area contributed by atoms with Gasteiger partial charge < -0.3 is 29.5 Å². The molecule has 15 nitrogen and oxygen atoms in total. The van der Waals surface area contributed by atoms with E-state index in [1.54, 1.807) is 51.1 Å².